The Labute approximate surface area is 148 Å². The van der Waals surface area contributed by atoms with Gasteiger partial charge in [-0.1, -0.05) is 18.2 Å². The molecule has 0 aliphatic heterocycles. The second-order valence-corrected chi connectivity index (χ2v) is 5.72. The van der Waals surface area contributed by atoms with Crippen LogP contribution in [0.25, 0.3) is 0 Å². The molecule has 25 heavy (non-hydrogen) atoms. The van der Waals surface area contributed by atoms with Gasteiger partial charge in [0, 0.05) is 37.0 Å². The number of hydrogen-bond donors (Lipinski definition) is 1. The first kappa shape index (κ1) is 18.7. The summed E-state index contributed by atoms with van der Waals surface area (Å²) in [4.78, 5) is 26.8. The fourth-order valence-corrected chi connectivity index (χ4v) is 2.56. The normalized spacial score (nSPS) is 10.4. The van der Waals surface area contributed by atoms with Crippen molar-refractivity contribution in [3.05, 3.63) is 65.2 Å². The topological polar surface area (TPSA) is 58.6 Å². The lowest BCUT2D eigenvalue weighted by atomic mass is 10.1. The van der Waals surface area contributed by atoms with E-state index in [-0.39, 0.29) is 11.8 Å². The number of aryl methyl sites for hydroxylation is 1. The monoisotopic (exact) mass is 340 g/mol. The van der Waals surface area contributed by atoms with Crippen LogP contribution >= 0.6 is 0 Å². The van der Waals surface area contributed by atoms with Crippen LogP contribution in [-0.2, 0) is 4.74 Å². The molecular formula is C20H24N2O3. The smallest absolute Gasteiger partial charge is 0.258 e. The molecule has 0 heterocycles. The number of nitrogens with one attached hydrogen (secondary N) is 1. The lowest BCUT2D eigenvalue weighted by molar-refractivity contribution is 0.0937. The molecule has 0 spiro atoms. The van der Waals surface area contributed by atoms with Crippen LogP contribution in [-0.4, -0.2) is 38.6 Å². The van der Waals surface area contributed by atoms with E-state index in [1.54, 1.807) is 36.3 Å². The molecule has 1 N–H and O–H groups in total. The number of rotatable bonds is 7. The average molecular weight is 340 g/mol. The van der Waals surface area contributed by atoms with Crippen LogP contribution in [0.15, 0.2) is 48.5 Å². The van der Waals surface area contributed by atoms with Crippen molar-refractivity contribution in [2.45, 2.75) is 13.8 Å². The van der Waals surface area contributed by atoms with Gasteiger partial charge in [-0.25, -0.2) is 0 Å². The summed E-state index contributed by atoms with van der Waals surface area (Å²) >= 11 is 0. The standard InChI is InChI=1S/C20H24N2O3/c1-4-22(18-10-5-7-15(2)13-18)20(24)17-9-6-8-16(14-17)19(23)21-11-12-25-3/h5-10,13-14H,4,11-12H2,1-3H3,(H,21,23). The Hall–Kier alpha value is -2.66. The molecule has 0 bridgehead atoms. The zero-order valence-electron chi connectivity index (χ0n) is 14.9. The number of carbonyl (C=O) groups excluding carboxylic acids is 2. The van der Waals surface area contributed by atoms with Gasteiger partial charge in [-0.05, 0) is 49.7 Å². The third-order valence-electron chi connectivity index (χ3n) is 3.84. The Morgan fingerprint density at radius 1 is 1.08 bits per heavy atom. The molecule has 0 fully saturated rings. The van der Waals surface area contributed by atoms with E-state index in [0.29, 0.717) is 30.8 Å². The lowest BCUT2D eigenvalue weighted by Crippen LogP contribution is -2.31. The van der Waals surface area contributed by atoms with E-state index in [4.69, 9.17) is 4.74 Å². The Balaban J connectivity index is 2.20. The van der Waals surface area contributed by atoms with Gasteiger partial charge in [-0.15, -0.1) is 0 Å². The van der Waals surface area contributed by atoms with Crippen molar-refractivity contribution in [3.8, 4) is 0 Å². The number of methoxy groups -OCH3 is 1. The van der Waals surface area contributed by atoms with Gasteiger partial charge in [-0.2, -0.15) is 0 Å². The Morgan fingerprint density at radius 3 is 2.48 bits per heavy atom. The van der Waals surface area contributed by atoms with E-state index in [1.165, 1.54) is 0 Å². The molecule has 2 amide bonds. The third kappa shape index (κ3) is 4.90. The number of benzene rings is 2. The predicted octanol–water partition coefficient (Wildman–Crippen LogP) is 3.04. The second-order valence-electron chi connectivity index (χ2n) is 5.72. The van der Waals surface area contributed by atoms with Crippen molar-refractivity contribution in [3.63, 3.8) is 0 Å². The molecule has 0 unspecified atom stereocenters. The fourth-order valence-electron chi connectivity index (χ4n) is 2.56. The lowest BCUT2D eigenvalue weighted by Gasteiger charge is -2.22. The van der Waals surface area contributed by atoms with Crippen LogP contribution in [0, 0.1) is 6.92 Å². The molecule has 0 aliphatic rings. The quantitative estimate of drug-likeness (QED) is 0.788. The summed E-state index contributed by atoms with van der Waals surface area (Å²) in [6, 6.07) is 14.6. The molecule has 0 aromatic heterocycles. The van der Waals surface area contributed by atoms with Gasteiger partial charge in [-0.3, -0.25) is 9.59 Å². The van der Waals surface area contributed by atoms with Crippen LogP contribution in [0.3, 0.4) is 0 Å². The van der Waals surface area contributed by atoms with Crippen LogP contribution in [0.2, 0.25) is 0 Å². The molecule has 0 aliphatic carbocycles. The van der Waals surface area contributed by atoms with E-state index in [1.807, 2.05) is 38.1 Å². The molecule has 0 radical (unpaired) electrons. The number of nitrogens with zero attached hydrogens (tertiary/aromatic N) is 1. The Kier molecular flexibility index (Phi) is 6.71. The van der Waals surface area contributed by atoms with Crippen molar-refractivity contribution in [2.24, 2.45) is 0 Å². The van der Waals surface area contributed by atoms with E-state index >= 15 is 0 Å². The summed E-state index contributed by atoms with van der Waals surface area (Å²) in [7, 11) is 1.58. The maximum atomic E-state index is 12.9. The number of hydrogen-bond acceptors (Lipinski definition) is 3. The highest BCUT2D eigenvalue weighted by atomic mass is 16.5. The highest BCUT2D eigenvalue weighted by Crippen LogP contribution is 2.19. The van der Waals surface area contributed by atoms with Crippen molar-refractivity contribution in [1.29, 1.82) is 0 Å². The summed E-state index contributed by atoms with van der Waals surface area (Å²) in [6.45, 7) is 5.35. The van der Waals surface area contributed by atoms with Crippen molar-refractivity contribution in [1.82, 2.24) is 5.32 Å². The molecule has 2 aromatic rings. The molecular weight excluding hydrogens is 316 g/mol. The summed E-state index contributed by atoms with van der Waals surface area (Å²) in [5, 5.41) is 2.76. The fraction of sp³-hybridized carbons (Fsp3) is 0.300. The number of ether oxygens (including phenoxy) is 1. The van der Waals surface area contributed by atoms with Gasteiger partial charge in [0.05, 0.1) is 6.61 Å². The largest absolute Gasteiger partial charge is 0.383 e. The van der Waals surface area contributed by atoms with Crippen molar-refractivity contribution in [2.75, 3.05) is 31.7 Å². The van der Waals surface area contributed by atoms with Crippen molar-refractivity contribution >= 4 is 17.5 Å². The Morgan fingerprint density at radius 2 is 1.80 bits per heavy atom. The van der Waals surface area contributed by atoms with Crippen LogP contribution in [0.5, 0.6) is 0 Å². The summed E-state index contributed by atoms with van der Waals surface area (Å²) in [5.41, 5.74) is 2.89. The number of carbonyl (C=O) groups is 2. The summed E-state index contributed by atoms with van der Waals surface area (Å²) in [6.07, 6.45) is 0. The first-order valence-corrected chi connectivity index (χ1v) is 8.32. The van der Waals surface area contributed by atoms with E-state index in [2.05, 4.69) is 5.32 Å². The predicted molar refractivity (Wildman–Crippen MR) is 99.2 cm³/mol. The van der Waals surface area contributed by atoms with E-state index in [9.17, 15) is 9.59 Å². The zero-order chi connectivity index (χ0) is 18.2. The molecule has 0 atom stereocenters. The minimum absolute atomic E-state index is 0.125. The Bertz CT molecular complexity index is 743. The molecule has 132 valence electrons. The van der Waals surface area contributed by atoms with E-state index < -0.39 is 0 Å². The van der Waals surface area contributed by atoms with Gasteiger partial charge < -0.3 is 15.0 Å². The zero-order valence-corrected chi connectivity index (χ0v) is 14.9. The molecule has 0 saturated carbocycles. The highest BCUT2D eigenvalue weighted by molar-refractivity contribution is 6.07. The second kappa shape index (κ2) is 8.99. The maximum absolute atomic E-state index is 12.9. The van der Waals surface area contributed by atoms with Gasteiger partial charge >= 0.3 is 0 Å². The maximum Gasteiger partial charge on any atom is 0.258 e. The minimum atomic E-state index is -0.217. The SMILES string of the molecule is CCN(C(=O)c1cccc(C(=O)NCCOC)c1)c1cccc(C)c1. The third-order valence-corrected chi connectivity index (χ3v) is 3.84. The number of amides is 2. The summed E-state index contributed by atoms with van der Waals surface area (Å²) < 4.78 is 4.92. The van der Waals surface area contributed by atoms with Crippen LogP contribution in [0.4, 0.5) is 5.69 Å². The molecule has 5 nitrogen and oxygen atoms in total. The minimum Gasteiger partial charge on any atom is -0.383 e. The average Bonchev–Trinajstić information content (AvgIpc) is 2.62. The highest BCUT2D eigenvalue weighted by Gasteiger charge is 2.17. The van der Waals surface area contributed by atoms with Gasteiger partial charge in [0.2, 0.25) is 0 Å². The molecule has 2 rings (SSSR count). The van der Waals surface area contributed by atoms with Gasteiger partial charge in [0.25, 0.3) is 11.8 Å². The molecule has 5 heteroatoms. The molecule has 2 aromatic carbocycles. The first-order chi connectivity index (χ1) is 12.1. The van der Waals surface area contributed by atoms with Gasteiger partial charge in [0.15, 0.2) is 0 Å². The number of anilines is 1. The van der Waals surface area contributed by atoms with Crippen LogP contribution < -0.4 is 10.2 Å². The van der Waals surface area contributed by atoms with Gasteiger partial charge in [0.1, 0.15) is 0 Å². The first-order valence-electron chi connectivity index (χ1n) is 8.32. The van der Waals surface area contributed by atoms with Crippen molar-refractivity contribution < 1.29 is 14.3 Å². The summed E-state index contributed by atoms with van der Waals surface area (Å²) in [5.74, 6) is -0.343. The molecule has 0 saturated heterocycles. The van der Waals surface area contributed by atoms with E-state index in [0.717, 1.165) is 11.3 Å². The van der Waals surface area contributed by atoms with Crippen LogP contribution in [0.1, 0.15) is 33.2 Å².